The average Bonchev–Trinajstić information content (AvgIpc) is 3.31. The second-order valence-corrected chi connectivity index (χ2v) is 21.1. The molecule has 3 atom stereocenters. The highest BCUT2D eigenvalue weighted by molar-refractivity contribution is 7.45. The van der Waals surface area contributed by atoms with Crippen LogP contribution in [0.2, 0.25) is 0 Å². The molecule has 0 aliphatic rings. The summed E-state index contributed by atoms with van der Waals surface area (Å²) >= 11 is 0. The van der Waals surface area contributed by atoms with Gasteiger partial charge in [0.05, 0.1) is 33.8 Å². The lowest BCUT2D eigenvalue weighted by Crippen LogP contribution is -2.47. The number of rotatable bonds is 49. The molecule has 0 aromatic heterocycles. The number of ether oxygens (including phenoxy) is 1. The summed E-state index contributed by atoms with van der Waals surface area (Å²) in [5.74, 6) is -0.597. The van der Waals surface area contributed by atoms with Crippen molar-refractivity contribution in [2.45, 2.75) is 238 Å². The first-order valence-corrected chi connectivity index (χ1v) is 29.4. The molecule has 0 aromatic carbocycles. The fraction of sp³-hybridized carbons (Fsp3) is 0.729. The van der Waals surface area contributed by atoms with Gasteiger partial charge < -0.3 is 28.5 Å². The van der Waals surface area contributed by atoms with E-state index in [1.807, 2.05) is 33.3 Å². The minimum Gasteiger partial charge on any atom is -0.756 e. The molecule has 10 heteroatoms. The summed E-state index contributed by atoms with van der Waals surface area (Å²) in [6.07, 6.45) is 62.7. The number of esters is 1. The van der Waals surface area contributed by atoms with E-state index < -0.39 is 26.6 Å². The van der Waals surface area contributed by atoms with Gasteiger partial charge in [0, 0.05) is 12.8 Å². The van der Waals surface area contributed by atoms with Gasteiger partial charge in [-0.05, 0) is 83.1 Å². The molecular weight excluding hydrogens is 880 g/mol. The van der Waals surface area contributed by atoms with E-state index in [0.717, 1.165) is 89.9 Å². The number of allylic oxidation sites excluding steroid dienone is 13. The summed E-state index contributed by atoms with van der Waals surface area (Å²) in [6.45, 7) is 6.66. The number of nitrogens with zero attached hydrogens (tertiary/aromatic N) is 1. The molecule has 0 saturated carbocycles. The molecule has 1 amide bonds. The molecule has 0 spiro atoms. The highest BCUT2D eigenvalue weighted by atomic mass is 31.2. The lowest BCUT2D eigenvalue weighted by molar-refractivity contribution is -0.870. The molecule has 3 unspecified atom stereocenters. The molecule has 1 N–H and O–H groups in total. The van der Waals surface area contributed by atoms with Crippen LogP contribution in [0, 0.1) is 0 Å². The third-order valence-electron chi connectivity index (χ3n) is 11.8. The molecule has 0 radical (unpaired) electrons. The van der Waals surface area contributed by atoms with E-state index in [-0.39, 0.29) is 24.9 Å². The second-order valence-electron chi connectivity index (χ2n) is 19.7. The fourth-order valence-corrected chi connectivity index (χ4v) is 8.25. The molecule has 0 rings (SSSR count). The van der Waals surface area contributed by atoms with Gasteiger partial charge in [0.15, 0.2) is 0 Å². The number of hydrogen-bond donors (Lipinski definition) is 1. The Balaban J connectivity index is 5.37. The maximum absolute atomic E-state index is 13.4. The van der Waals surface area contributed by atoms with E-state index >= 15 is 0 Å². The van der Waals surface area contributed by atoms with Crippen molar-refractivity contribution in [3.63, 3.8) is 0 Å². The highest BCUT2D eigenvalue weighted by Gasteiger charge is 2.27. The van der Waals surface area contributed by atoms with Crippen LogP contribution in [0.1, 0.15) is 226 Å². The number of quaternary nitrogens is 1. The Hall–Kier alpha value is -2.81. The number of likely N-dealkylation sites (N-methyl/N-ethyl adjacent to an activating group) is 1. The minimum atomic E-state index is -4.70. The van der Waals surface area contributed by atoms with Gasteiger partial charge >= 0.3 is 5.97 Å². The third-order valence-corrected chi connectivity index (χ3v) is 12.8. The Morgan fingerprint density at radius 3 is 1.41 bits per heavy atom. The van der Waals surface area contributed by atoms with E-state index in [4.69, 9.17) is 13.8 Å². The zero-order valence-corrected chi connectivity index (χ0v) is 46.1. The van der Waals surface area contributed by atoms with E-state index in [1.54, 1.807) is 0 Å². The van der Waals surface area contributed by atoms with Crippen LogP contribution in [0.3, 0.4) is 0 Å². The summed E-state index contributed by atoms with van der Waals surface area (Å²) in [5.41, 5.74) is 0. The fourth-order valence-electron chi connectivity index (χ4n) is 7.52. The quantitative estimate of drug-likeness (QED) is 0.0212. The van der Waals surface area contributed by atoms with Crippen molar-refractivity contribution < 1.29 is 37.3 Å². The lowest BCUT2D eigenvalue weighted by atomic mass is 10.0. The zero-order valence-electron chi connectivity index (χ0n) is 45.2. The second kappa shape index (κ2) is 48.8. The molecule has 0 bridgehead atoms. The SMILES string of the molecule is CC/C=C\C/C=C\C/C=C\C/C=C\C/C=C\C/C=C\CCCCC(=O)OC(/C=C/CCCCCCCCCCC)C(COP(=O)([O-])OCC[N+](C)(C)C)NC(=O)CCCCCCCCCCCCC. The Bertz CT molecular complexity index is 1460. The van der Waals surface area contributed by atoms with Crippen LogP contribution in [-0.4, -0.2) is 69.4 Å². The van der Waals surface area contributed by atoms with E-state index in [9.17, 15) is 19.0 Å². The number of hydrogen-bond acceptors (Lipinski definition) is 7. The van der Waals surface area contributed by atoms with Crippen molar-refractivity contribution in [1.29, 1.82) is 0 Å². The van der Waals surface area contributed by atoms with E-state index in [2.05, 4.69) is 99.0 Å². The van der Waals surface area contributed by atoms with Crippen molar-refractivity contribution in [2.75, 3.05) is 40.9 Å². The molecule has 69 heavy (non-hydrogen) atoms. The van der Waals surface area contributed by atoms with Crippen LogP contribution in [-0.2, 0) is 27.9 Å². The van der Waals surface area contributed by atoms with Crippen LogP contribution in [0.4, 0.5) is 0 Å². The van der Waals surface area contributed by atoms with Crippen molar-refractivity contribution in [1.82, 2.24) is 5.32 Å². The van der Waals surface area contributed by atoms with Crippen LogP contribution < -0.4 is 10.2 Å². The van der Waals surface area contributed by atoms with Crippen molar-refractivity contribution >= 4 is 19.7 Å². The number of phosphoric acid groups is 1. The molecule has 398 valence electrons. The van der Waals surface area contributed by atoms with Gasteiger partial charge in [-0.15, -0.1) is 0 Å². The van der Waals surface area contributed by atoms with Crippen LogP contribution in [0.15, 0.2) is 85.1 Å². The Kier molecular flexibility index (Phi) is 46.8. The van der Waals surface area contributed by atoms with Gasteiger partial charge in [-0.1, -0.05) is 215 Å². The maximum Gasteiger partial charge on any atom is 0.306 e. The van der Waals surface area contributed by atoms with Crippen molar-refractivity contribution in [2.24, 2.45) is 0 Å². The summed E-state index contributed by atoms with van der Waals surface area (Å²) in [6, 6.07) is -0.906. The summed E-state index contributed by atoms with van der Waals surface area (Å²) in [4.78, 5) is 39.7. The number of carbonyl (C=O) groups excluding carboxylic acids is 2. The summed E-state index contributed by atoms with van der Waals surface area (Å²) < 4.78 is 30.1. The maximum atomic E-state index is 13.4. The van der Waals surface area contributed by atoms with Gasteiger partial charge in [0.2, 0.25) is 5.91 Å². The molecule has 0 aromatic rings. The van der Waals surface area contributed by atoms with Crippen molar-refractivity contribution in [3.8, 4) is 0 Å². The van der Waals surface area contributed by atoms with Crippen LogP contribution in [0.25, 0.3) is 0 Å². The number of nitrogens with one attached hydrogen (secondary N) is 1. The first-order chi connectivity index (χ1) is 33.4. The smallest absolute Gasteiger partial charge is 0.306 e. The largest absolute Gasteiger partial charge is 0.756 e. The Labute approximate surface area is 425 Å². The molecule has 0 aliphatic carbocycles. The summed E-state index contributed by atoms with van der Waals surface area (Å²) in [7, 11) is 1.15. The first-order valence-electron chi connectivity index (χ1n) is 27.9. The van der Waals surface area contributed by atoms with Gasteiger partial charge in [-0.2, -0.15) is 0 Å². The highest BCUT2D eigenvalue weighted by Crippen LogP contribution is 2.38. The number of carbonyl (C=O) groups is 2. The predicted molar refractivity (Wildman–Crippen MR) is 293 cm³/mol. The zero-order chi connectivity index (χ0) is 50.8. The first kappa shape index (κ1) is 66.2. The molecule has 0 heterocycles. The standard InChI is InChI=1S/C59H105N2O7P/c1-7-10-13-16-19-22-25-26-27-28-29-30-31-32-33-34-37-40-43-46-49-52-59(63)68-57(50-47-44-41-38-35-23-20-17-14-11-8-2)56(55-67-69(64,65)66-54-53-61(4,5)6)60-58(62)51-48-45-42-39-36-24-21-18-15-12-9-3/h10,13,19,22,26-27,29-30,32-33,37,40,47,50,56-57H,7-9,11-12,14-18,20-21,23-25,28,31,34-36,38-39,41-46,48-49,51-55H2,1-6H3,(H-,60,62,64,65)/b13-10-,22-19-,27-26-,30-29-,33-32-,40-37-,50-47+. The average molecular weight is 985 g/mol. The molecule has 0 fully saturated rings. The number of phosphoric ester groups is 1. The topological polar surface area (TPSA) is 114 Å². The third kappa shape index (κ3) is 49.9. The Morgan fingerprint density at radius 2 is 0.928 bits per heavy atom. The number of amides is 1. The van der Waals surface area contributed by atoms with E-state index in [0.29, 0.717) is 23.9 Å². The molecule has 9 nitrogen and oxygen atoms in total. The van der Waals surface area contributed by atoms with Gasteiger partial charge in [0.1, 0.15) is 19.3 Å². The Morgan fingerprint density at radius 1 is 0.522 bits per heavy atom. The van der Waals surface area contributed by atoms with Gasteiger partial charge in [-0.3, -0.25) is 14.2 Å². The summed E-state index contributed by atoms with van der Waals surface area (Å²) in [5, 5.41) is 3.00. The number of unbranched alkanes of at least 4 members (excludes halogenated alkanes) is 21. The van der Waals surface area contributed by atoms with Gasteiger partial charge in [-0.25, -0.2) is 0 Å². The normalized spacial score (nSPS) is 14.5. The van der Waals surface area contributed by atoms with Crippen LogP contribution in [0.5, 0.6) is 0 Å². The monoisotopic (exact) mass is 985 g/mol. The predicted octanol–water partition coefficient (Wildman–Crippen LogP) is 16.0. The van der Waals surface area contributed by atoms with E-state index in [1.165, 1.54) is 96.3 Å². The van der Waals surface area contributed by atoms with Crippen LogP contribution >= 0.6 is 7.82 Å². The molecular formula is C59H105N2O7P. The molecule has 0 aliphatic heterocycles. The molecule has 0 saturated heterocycles. The lowest BCUT2D eigenvalue weighted by Gasteiger charge is -2.30. The van der Waals surface area contributed by atoms with Gasteiger partial charge in [0.25, 0.3) is 7.82 Å². The van der Waals surface area contributed by atoms with Crippen molar-refractivity contribution in [3.05, 3.63) is 85.1 Å². The minimum absolute atomic E-state index is 0.0320.